The highest BCUT2D eigenvalue weighted by Gasteiger charge is 2.35. The lowest BCUT2D eigenvalue weighted by molar-refractivity contribution is -0.142. The molecule has 7 nitrogen and oxygen atoms in total. The lowest BCUT2D eigenvalue weighted by atomic mass is 10.1. The second-order valence-electron chi connectivity index (χ2n) is 7.87. The van der Waals surface area contributed by atoms with Crippen LogP contribution in [0.3, 0.4) is 0 Å². The molecular formula is C21H20F5N7S. The van der Waals surface area contributed by atoms with Gasteiger partial charge in [0, 0.05) is 24.7 Å². The number of pyridine rings is 1. The summed E-state index contributed by atoms with van der Waals surface area (Å²) in [6.45, 7) is 2.79. The highest BCUT2D eigenvalue weighted by Crippen LogP contribution is 2.34. The number of fused-ring (bicyclic) bond motifs is 1. The number of nitrogens with zero attached hydrogens (tertiary/aromatic N) is 5. The molecule has 0 saturated carbocycles. The van der Waals surface area contributed by atoms with E-state index in [4.69, 9.17) is 18.0 Å². The van der Waals surface area contributed by atoms with Gasteiger partial charge in [-0.3, -0.25) is 0 Å². The van der Waals surface area contributed by atoms with E-state index in [0.717, 1.165) is 18.2 Å². The van der Waals surface area contributed by atoms with E-state index in [0.29, 0.717) is 41.4 Å². The number of halogens is 5. The molecule has 4 rings (SSSR count). The average Bonchev–Trinajstić information content (AvgIpc) is 3.17. The summed E-state index contributed by atoms with van der Waals surface area (Å²) in [7, 11) is 0. The van der Waals surface area contributed by atoms with Crippen LogP contribution in [-0.2, 0) is 6.18 Å². The first-order chi connectivity index (χ1) is 16.0. The number of rotatable bonds is 3. The van der Waals surface area contributed by atoms with Crippen LogP contribution in [0.25, 0.3) is 16.8 Å². The number of hydrogen-bond acceptors (Lipinski definition) is 4. The van der Waals surface area contributed by atoms with Gasteiger partial charge in [0.2, 0.25) is 5.95 Å². The predicted molar refractivity (Wildman–Crippen MR) is 121 cm³/mol. The number of piperidine rings is 1. The Bertz CT molecular complexity index is 1260. The highest BCUT2D eigenvalue weighted by atomic mass is 32.1. The maximum absolute atomic E-state index is 13.8. The van der Waals surface area contributed by atoms with Gasteiger partial charge in [0.1, 0.15) is 5.69 Å². The zero-order valence-corrected chi connectivity index (χ0v) is 18.7. The van der Waals surface area contributed by atoms with Crippen molar-refractivity contribution in [3.8, 4) is 11.1 Å². The van der Waals surface area contributed by atoms with E-state index in [1.807, 2.05) is 4.90 Å². The van der Waals surface area contributed by atoms with Crippen LogP contribution in [0, 0.1) is 11.6 Å². The Morgan fingerprint density at radius 2 is 1.85 bits per heavy atom. The largest absolute Gasteiger partial charge is 0.433 e. The van der Waals surface area contributed by atoms with Crippen molar-refractivity contribution in [3.05, 3.63) is 47.7 Å². The molecule has 3 N–H and O–H groups in total. The zero-order chi connectivity index (χ0) is 24.6. The monoisotopic (exact) mass is 497 g/mol. The van der Waals surface area contributed by atoms with E-state index in [1.165, 1.54) is 12.1 Å². The van der Waals surface area contributed by atoms with E-state index in [9.17, 15) is 22.0 Å². The lowest BCUT2D eigenvalue weighted by Crippen LogP contribution is -2.41. The molecule has 0 aliphatic carbocycles. The zero-order valence-electron chi connectivity index (χ0n) is 17.9. The second kappa shape index (κ2) is 9.12. The van der Waals surface area contributed by atoms with Gasteiger partial charge in [-0.15, -0.1) is 5.10 Å². The fraction of sp³-hybridized carbons (Fsp3) is 0.333. The van der Waals surface area contributed by atoms with Crippen LogP contribution in [0.2, 0.25) is 0 Å². The van der Waals surface area contributed by atoms with E-state index in [-0.39, 0.29) is 28.8 Å². The summed E-state index contributed by atoms with van der Waals surface area (Å²) in [6.07, 6.45) is -3.45. The first-order valence-corrected chi connectivity index (χ1v) is 10.7. The van der Waals surface area contributed by atoms with Crippen molar-refractivity contribution in [3.63, 3.8) is 0 Å². The number of benzene rings is 1. The molecule has 34 heavy (non-hydrogen) atoms. The minimum absolute atomic E-state index is 0.00242. The third kappa shape index (κ3) is 4.93. The van der Waals surface area contributed by atoms with Crippen molar-refractivity contribution in [1.29, 1.82) is 0 Å². The van der Waals surface area contributed by atoms with Crippen LogP contribution >= 0.6 is 12.2 Å². The van der Waals surface area contributed by atoms with Crippen molar-refractivity contribution < 1.29 is 22.0 Å². The number of anilines is 1. The fourth-order valence-corrected chi connectivity index (χ4v) is 4.07. The maximum Gasteiger partial charge on any atom is 0.433 e. The van der Waals surface area contributed by atoms with Crippen molar-refractivity contribution in [1.82, 2.24) is 19.5 Å². The van der Waals surface area contributed by atoms with Crippen molar-refractivity contribution in [2.45, 2.75) is 32.0 Å². The summed E-state index contributed by atoms with van der Waals surface area (Å²) < 4.78 is 68.6. The number of alkyl halides is 3. The molecule has 3 heterocycles. The van der Waals surface area contributed by atoms with Crippen LogP contribution in [0.15, 0.2) is 35.3 Å². The molecule has 0 spiro atoms. The van der Waals surface area contributed by atoms with Gasteiger partial charge in [-0.25, -0.2) is 18.3 Å². The molecule has 0 amide bonds. The van der Waals surface area contributed by atoms with E-state index < -0.39 is 23.5 Å². The molecular weight excluding hydrogens is 477 g/mol. The second-order valence-corrected chi connectivity index (χ2v) is 8.24. The number of aliphatic imine (C=N–C) groups is 1. The van der Waals surface area contributed by atoms with Gasteiger partial charge in [-0.1, -0.05) is 6.07 Å². The number of nitrogens with two attached hydrogens (primary N) is 1. The van der Waals surface area contributed by atoms with Crippen LogP contribution in [0.4, 0.5) is 27.9 Å². The van der Waals surface area contributed by atoms with Crippen molar-refractivity contribution >= 4 is 34.8 Å². The minimum Gasteiger partial charge on any atom is -0.387 e. The smallest absolute Gasteiger partial charge is 0.387 e. The van der Waals surface area contributed by atoms with Gasteiger partial charge in [0.05, 0.1) is 5.84 Å². The number of amidine groups is 1. The Kier molecular flexibility index (Phi) is 6.39. The van der Waals surface area contributed by atoms with Gasteiger partial charge in [0.25, 0.3) is 0 Å². The highest BCUT2D eigenvalue weighted by molar-refractivity contribution is 7.80. The summed E-state index contributed by atoms with van der Waals surface area (Å²) in [6, 6.07) is 4.98. The molecule has 13 heteroatoms. The van der Waals surface area contributed by atoms with Gasteiger partial charge in [-0.2, -0.15) is 18.2 Å². The number of likely N-dealkylation sites (tertiary alicyclic amines) is 1. The number of aromatic nitrogens is 3. The molecule has 2 aromatic heterocycles. The Balaban J connectivity index is 1.63. The van der Waals surface area contributed by atoms with Gasteiger partial charge < -0.3 is 16.0 Å². The number of nitrogens with one attached hydrogen (secondary N) is 1. The summed E-state index contributed by atoms with van der Waals surface area (Å²) in [4.78, 5) is 10.2. The standard InChI is InChI=1S/C21H20F5N7S/c1-11(27)28-20(34)32-8-6-13(7-9-32)29-19-30-18-14(12-2-4-15(22)16(23)10-12)3-5-17(21(24,25)26)33(18)31-19/h2-5,10,13H,6-9H2,1H3,(H,29,31)(H2,27,28,34). The van der Waals surface area contributed by atoms with E-state index in [1.54, 1.807) is 6.92 Å². The third-order valence-electron chi connectivity index (χ3n) is 5.38. The Labute approximate surface area is 196 Å². The van der Waals surface area contributed by atoms with Gasteiger partial charge in [0.15, 0.2) is 22.4 Å². The molecule has 0 radical (unpaired) electrons. The Morgan fingerprint density at radius 3 is 2.47 bits per heavy atom. The quantitative estimate of drug-likeness (QED) is 0.244. The molecule has 0 bridgehead atoms. The Hall–Kier alpha value is -3.35. The number of thiocarbonyl (C=S) groups is 1. The van der Waals surface area contributed by atoms with Crippen molar-refractivity contribution in [2.24, 2.45) is 10.7 Å². The SMILES string of the molecule is C/C(N)=N/C(=S)N1CCC(Nc2nc3c(-c4ccc(F)c(F)c4)ccc(C(F)(F)F)n3n2)CC1. The summed E-state index contributed by atoms with van der Waals surface area (Å²) in [5, 5.41) is 7.48. The molecule has 180 valence electrons. The van der Waals surface area contributed by atoms with Crippen LogP contribution in [0.1, 0.15) is 25.5 Å². The van der Waals surface area contributed by atoms with E-state index in [2.05, 4.69) is 20.4 Å². The molecule has 0 atom stereocenters. The molecule has 0 unspecified atom stereocenters. The minimum atomic E-state index is -4.70. The first kappa shape index (κ1) is 23.8. The van der Waals surface area contributed by atoms with Crippen LogP contribution in [0.5, 0.6) is 0 Å². The summed E-state index contributed by atoms with van der Waals surface area (Å²) in [5.41, 5.74) is 4.75. The number of hydrogen-bond donors (Lipinski definition) is 2. The molecule has 1 aromatic carbocycles. The lowest BCUT2D eigenvalue weighted by Gasteiger charge is -2.32. The molecule has 3 aromatic rings. The maximum atomic E-state index is 13.8. The van der Waals surface area contributed by atoms with Gasteiger partial charge >= 0.3 is 6.18 Å². The van der Waals surface area contributed by atoms with Crippen LogP contribution in [-0.4, -0.2) is 49.6 Å². The summed E-state index contributed by atoms with van der Waals surface area (Å²) >= 11 is 5.24. The molecule has 1 aliphatic heterocycles. The van der Waals surface area contributed by atoms with Gasteiger partial charge in [-0.05, 0) is 61.8 Å². The Morgan fingerprint density at radius 1 is 1.15 bits per heavy atom. The van der Waals surface area contributed by atoms with E-state index >= 15 is 0 Å². The summed E-state index contributed by atoms with van der Waals surface area (Å²) in [5.74, 6) is -1.82. The van der Waals surface area contributed by atoms with Crippen LogP contribution < -0.4 is 11.1 Å². The average molecular weight is 497 g/mol. The molecule has 1 fully saturated rings. The third-order valence-corrected chi connectivity index (χ3v) is 5.73. The normalized spacial score (nSPS) is 15.7. The fourth-order valence-electron chi connectivity index (χ4n) is 3.75. The first-order valence-electron chi connectivity index (χ1n) is 10.3. The molecule has 1 saturated heterocycles. The molecule has 1 aliphatic rings. The topological polar surface area (TPSA) is 83.8 Å². The predicted octanol–water partition coefficient (Wildman–Crippen LogP) is 4.23. The van der Waals surface area contributed by atoms with Crippen molar-refractivity contribution in [2.75, 3.05) is 18.4 Å².